The van der Waals surface area contributed by atoms with Crippen molar-refractivity contribution in [2.45, 2.75) is 22.4 Å². The molecule has 0 aromatic heterocycles. The molecule has 0 saturated heterocycles. The van der Waals surface area contributed by atoms with Crippen molar-refractivity contribution in [3.63, 3.8) is 0 Å². The van der Waals surface area contributed by atoms with E-state index in [0.29, 0.717) is 0 Å². The number of halogens is 11. The van der Waals surface area contributed by atoms with E-state index >= 15 is 0 Å². The largest absolute Gasteiger partial charge is 0.470 e. The van der Waals surface area contributed by atoms with Gasteiger partial charge in [0.25, 0.3) is 0 Å². The molecule has 25 heavy (non-hydrogen) atoms. The third-order valence-corrected chi connectivity index (χ3v) is 9.33. The Morgan fingerprint density at radius 3 is 0.880 bits per heavy atom. The average Bonchev–Trinajstić information content (AvgIpc) is 2.21. The molecule has 0 aliphatic carbocycles. The lowest BCUT2D eigenvalue weighted by atomic mass is 10.7. The SMILES string of the molecule is O=S(=O)([C-](S(=O)(=O)C(F)(F)F)S(=O)(=O)C(F)(F)C(F)(F)F)C(F)(F)F. The van der Waals surface area contributed by atoms with Gasteiger partial charge in [0.05, 0.1) is 3.91 Å². The molecule has 0 aromatic rings. The molecule has 0 unspecified atom stereocenters. The van der Waals surface area contributed by atoms with Gasteiger partial charge in [0.2, 0.25) is 0 Å². The fourth-order valence-corrected chi connectivity index (χ4v) is 7.00. The summed E-state index contributed by atoms with van der Waals surface area (Å²) in [4.78, 5) is 0. The smallest absolute Gasteiger partial charge is 0.254 e. The van der Waals surface area contributed by atoms with Crippen LogP contribution >= 0.6 is 0 Å². The molecule has 0 aromatic carbocycles. The first kappa shape index (κ1) is 24.1. The second kappa shape index (κ2) is 5.79. The van der Waals surface area contributed by atoms with E-state index in [4.69, 9.17) is 0 Å². The highest BCUT2D eigenvalue weighted by Crippen LogP contribution is 2.51. The van der Waals surface area contributed by atoms with E-state index in [0.717, 1.165) is 0 Å². The molecule has 0 aliphatic rings. The maximum Gasteiger partial charge on any atom is 0.470 e. The lowest BCUT2D eigenvalue weighted by Gasteiger charge is -2.34. The van der Waals surface area contributed by atoms with Gasteiger partial charge in [-0.1, -0.05) is 0 Å². The summed E-state index contributed by atoms with van der Waals surface area (Å²) in [7, 11) is -25.3. The molecule has 0 radical (unpaired) electrons. The van der Waals surface area contributed by atoms with Gasteiger partial charge in [-0.3, -0.25) is 25.3 Å². The molecule has 0 rings (SSSR count). The van der Waals surface area contributed by atoms with Gasteiger partial charge in [0, 0.05) is 0 Å². The monoisotopic (exact) mass is 461 g/mol. The first-order chi connectivity index (χ1) is 10.4. The van der Waals surface area contributed by atoms with Gasteiger partial charge in [-0.15, -0.1) is 0 Å². The van der Waals surface area contributed by atoms with Crippen LogP contribution in [0.4, 0.5) is 48.3 Å². The van der Waals surface area contributed by atoms with Crippen molar-refractivity contribution < 1.29 is 73.5 Å². The van der Waals surface area contributed by atoms with E-state index in [1.165, 1.54) is 0 Å². The van der Waals surface area contributed by atoms with E-state index in [9.17, 15) is 73.5 Å². The third kappa shape index (κ3) is 3.64. The number of rotatable bonds is 4. The highest BCUT2D eigenvalue weighted by atomic mass is 32.3. The quantitative estimate of drug-likeness (QED) is 0.468. The zero-order valence-corrected chi connectivity index (χ0v) is 12.8. The molecule has 0 N–H and O–H groups in total. The Labute approximate surface area is 130 Å². The second-order valence-electron chi connectivity index (χ2n) is 3.67. The molecule has 0 fully saturated rings. The van der Waals surface area contributed by atoms with Crippen LogP contribution in [0.5, 0.6) is 0 Å². The summed E-state index contributed by atoms with van der Waals surface area (Å²) in [6, 6.07) is 0. The zero-order chi connectivity index (χ0) is 21.1. The molecule has 0 saturated carbocycles. The van der Waals surface area contributed by atoms with Crippen molar-refractivity contribution in [1.82, 2.24) is 0 Å². The first-order valence-electron chi connectivity index (χ1n) is 4.55. The van der Waals surface area contributed by atoms with Gasteiger partial charge in [-0.05, 0) is 0 Å². The van der Waals surface area contributed by atoms with E-state index in [2.05, 4.69) is 0 Å². The zero-order valence-electron chi connectivity index (χ0n) is 10.3. The highest BCUT2D eigenvalue weighted by Gasteiger charge is 2.71. The summed E-state index contributed by atoms with van der Waals surface area (Å²) in [6.07, 6.45) is -7.46. The van der Waals surface area contributed by atoms with Crippen LogP contribution < -0.4 is 0 Å². The Bertz CT molecular complexity index is 780. The Balaban J connectivity index is 7.27. The molecular formula is C5F11O6S3-. The minimum atomic E-state index is -8.60. The van der Waals surface area contributed by atoms with Crippen LogP contribution in [0.2, 0.25) is 0 Å². The lowest BCUT2D eigenvalue weighted by Crippen LogP contribution is -2.53. The maximum absolute atomic E-state index is 12.8. The number of alkyl halides is 11. The lowest BCUT2D eigenvalue weighted by molar-refractivity contribution is -0.241. The molecule has 152 valence electrons. The van der Waals surface area contributed by atoms with Crippen molar-refractivity contribution in [2.24, 2.45) is 0 Å². The van der Waals surface area contributed by atoms with E-state index in [-0.39, 0.29) is 0 Å². The van der Waals surface area contributed by atoms with Gasteiger partial charge in [-0.2, -0.15) is 48.3 Å². The van der Waals surface area contributed by atoms with Crippen molar-refractivity contribution >= 4 is 29.5 Å². The minimum Gasteiger partial charge on any atom is -0.254 e. The van der Waals surface area contributed by atoms with Gasteiger partial charge < -0.3 is 0 Å². The van der Waals surface area contributed by atoms with Gasteiger partial charge in [-0.25, -0.2) is 0 Å². The fraction of sp³-hybridized carbons (Fsp3) is 0.800. The molecule has 20 heteroatoms. The molecule has 0 aliphatic heterocycles. The van der Waals surface area contributed by atoms with Crippen LogP contribution in [0, 0.1) is 3.91 Å². The van der Waals surface area contributed by atoms with Gasteiger partial charge >= 0.3 is 22.4 Å². The molecular weight excluding hydrogens is 461 g/mol. The highest BCUT2D eigenvalue weighted by molar-refractivity contribution is 8.29. The van der Waals surface area contributed by atoms with E-state index in [1.54, 1.807) is 0 Å². The normalized spacial score (nSPS) is 16.3. The van der Waals surface area contributed by atoms with E-state index in [1.807, 2.05) is 0 Å². The minimum absolute atomic E-state index is 5.09. The molecule has 0 bridgehead atoms. The van der Waals surface area contributed by atoms with Crippen LogP contribution in [0.1, 0.15) is 0 Å². The van der Waals surface area contributed by atoms with Crippen LogP contribution in [0.25, 0.3) is 0 Å². The predicted octanol–water partition coefficient (Wildman–Crippen LogP) is 1.87. The second-order valence-corrected chi connectivity index (χ2v) is 10.1. The van der Waals surface area contributed by atoms with Gasteiger partial charge in [0.15, 0.2) is 19.7 Å². The Kier molecular flexibility index (Phi) is 5.58. The van der Waals surface area contributed by atoms with E-state index < -0.39 is 55.9 Å². The van der Waals surface area contributed by atoms with Crippen LogP contribution in [0.3, 0.4) is 0 Å². The summed E-state index contributed by atoms with van der Waals surface area (Å²) in [6.45, 7) is 0. The number of hydrogen-bond acceptors (Lipinski definition) is 6. The Morgan fingerprint density at radius 2 is 0.720 bits per heavy atom. The maximum atomic E-state index is 12.8. The Hall–Kier alpha value is -0.920. The third-order valence-electron chi connectivity index (χ3n) is 1.94. The summed E-state index contributed by atoms with van der Waals surface area (Å²) in [5.74, 6) is 0. The summed E-state index contributed by atoms with van der Waals surface area (Å²) in [5.41, 5.74) is -14.6. The molecule has 6 nitrogen and oxygen atoms in total. The summed E-state index contributed by atoms with van der Waals surface area (Å²) >= 11 is 0. The van der Waals surface area contributed by atoms with Crippen LogP contribution in [-0.2, 0) is 29.5 Å². The first-order valence-corrected chi connectivity index (χ1v) is 9.00. The fourth-order valence-electron chi connectivity index (χ4n) is 0.879. The van der Waals surface area contributed by atoms with Gasteiger partial charge in [0.1, 0.15) is 9.84 Å². The Morgan fingerprint density at radius 1 is 0.480 bits per heavy atom. The topological polar surface area (TPSA) is 102 Å². The number of hydrogen-bond donors (Lipinski definition) is 0. The predicted molar refractivity (Wildman–Crippen MR) is 53.1 cm³/mol. The van der Waals surface area contributed by atoms with Crippen molar-refractivity contribution in [3.8, 4) is 0 Å². The van der Waals surface area contributed by atoms with Crippen molar-refractivity contribution in [1.29, 1.82) is 0 Å². The molecule has 0 spiro atoms. The molecule has 0 atom stereocenters. The van der Waals surface area contributed by atoms with Crippen LogP contribution in [-0.4, -0.2) is 47.7 Å². The van der Waals surface area contributed by atoms with Crippen molar-refractivity contribution in [3.05, 3.63) is 3.91 Å². The average molecular weight is 461 g/mol. The summed E-state index contributed by atoms with van der Waals surface area (Å²) < 4.78 is 194. The standard InChI is InChI=1S/C5F11O6S3/c6-2(7,8)3(9,10)23(17,18)1(24(19,20)4(11,12)13)25(21,22)5(14,15)16/q-1. The number of sulfone groups is 3. The van der Waals surface area contributed by atoms with Crippen molar-refractivity contribution in [2.75, 3.05) is 0 Å². The molecule has 0 heterocycles. The molecule has 0 amide bonds. The van der Waals surface area contributed by atoms with Crippen LogP contribution in [0.15, 0.2) is 0 Å². The summed E-state index contributed by atoms with van der Waals surface area (Å²) in [5, 5.41) is -7.62.